The lowest BCUT2D eigenvalue weighted by Gasteiger charge is -2.33. The Balaban J connectivity index is 1.25. The molecule has 1 atom stereocenters. The number of aryl methyl sites for hydroxylation is 1. The van der Waals surface area contributed by atoms with E-state index in [4.69, 9.17) is 5.26 Å². The molecule has 1 saturated heterocycles. The summed E-state index contributed by atoms with van der Waals surface area (Å²) in [5.74, 6) is 1.05. The number of amides is 1. The number of H-pyrrole nitrogens is 1. The molecule has 4 aromatic rings. The lowest BCUT2D eigenvalue weighted by atomic mass is 9.86. The Hall–Kier alpha value is -3.29. The summed E-state index contributed by atoms with van der Waals surface area (Å²) in [7, 11) is 0. The minimum atomic E-state index is -0.0676. The summed E-state index contributed by atoms with van der Waals surface area (Å²) in [6, 6.07) is 8.11. The van der Waals surface area contributed by atoms with Gasteiger partial charge < -0.3 is 15.2 Å². The molecule has 2 N–H and O–H groups in total. The number of nitrogens with zero attached hydrogens (tertiary/aromatic N) is 4. The van der Waals surface area contributed by atoms with Gasteiger partial charge in [-0.1, -0.05) is 11.3 Å². The van der Waals surface area contributed by atoms with Crippen molar-refractivity contribution in [3.8, 4) is 6.07 Å². The molecule has 1 aliphatic carbocycles. The first-order valence-corrected chi connectivity index (χ1v) is 13.1. The summed E-state index contributed by atoms with van der Waals surface area (Å²) in [6.45, 7) is 1.37. The van der Waals surface area contributed by atoms with Crippen LogP contribution in [0.5, 0.6) is 0 Å². The lowest BCUT2D eigenvalue weighted by molar-refractivity contribution is -0.137. The van der Waals surface area contributed by atoms with E-state index < -0.39 is 0 Å². The zero-order valence-electron chi connectivity index (χ0n) is 18.3. The minimum Gasteiger partial charge on any atom is -0.342 e. The van der Waals surface area contributed by atoms with Gasteiger partial charge in [0.1, 0.15) is 17.0 Å². The number of nitriles is 1. The van der Waals surface area contributed by atoms with Gasteiger partial charge in [-0.05, 0) is 55.9 Å². The molecule has 1 aromatic carbocycles. The Morgan fingerprint density at radius 1 is 1.21 bits per heavy atom. The van der Waals surface area contributed by atoms with Gasteiger partial charge in [0.25, 0.3) is 0 Å². The van der Waals surface area contributed by atoms with E-state index in [1.165, 1.54) is 21.8 Å². The fourth-order valence-corrected chi connectivity index (χ4v) is 7.11. The zero-order chi connectivity index (χ0) is 23.2. The Labute approximate surface area is 203 Å². The molecule has 8 nitrogen and oxygen atoms in total. The van der Waals surface area contributed by atoms with Crippen LogP contribution in [0, 0.1) is 23.2 Å². The molecule has 0 saturated carbocycles. The van der Waals surface area contributed by atoms with E-state index in [9.17, 15) is 9.59 Å². The van der Waals surface area contributed by atoms with E-state index in [0.717, 1.165) is 64.0 Å². The van der Waals surface area contributed by atoms with Crippen LogP contribution in [0.3, 0.4) is 0 Å². The molecular formula is C24H22N6O2S2. The third-order valence-electron chi connectivity index (χ3n) is 6.87. The maximum absolute atomic E-state index is 13.2. The molecule has 0 spiro atoms. The van der Waals surface area contributed by atoms with Crippen molar-refractivity contribution in [3.63, 3.8) is 0 Å². The van der Waals surface area contributed by atoms with Crippen molar-refractivity contribution < 1.29 is 4.79 Å². The van der Waals surface area contributed by atoms with Gasteiger partial charge in [0.05, 0.1) is 21.7 Å². The van der Waals surface area contributed by atoms with Crippen LogP contribution in [0.1, 0.15) is 29.7 Å². The molecular weight excluding hydrogens is 468 g/mol. The summed E-state index contributed by atoms with van der Waals surface area (Å²) in [5, 5.41) is 13.6. The SMILES string of the molecule is N#CC1CCN(C(=O)[C@@H]2CCc3c(sc4ncnc(Nc5ccc6[nH]c(=O)sc6c5)c34)C2)CC1. The number of carbonyl (C=O) groups excluding carboxylic acids is 1. The Morgan fingerprint density at radius 2 is 2.06 bits per heavy atom. The number of nitrogens with one attached hydrogen (secondary N) is 2. The number of benzene rings is 1. The second-order valence-electron chi connectivity index (χ2n) is 8.93. The molecule has 4 heterocycles. The summed E-state index contributed by atoms with van der Waals surface area (Å²) >= 11 is 2.84. The van der Waals surface area contributed by atoms with Gasteiger partial charge in [-0.3, -0.25) is 9.59 Å². The van der Waals surface area contributed by atoms with Crippen molar-refractivity contribution in [3.05, 3.63) is 44.6 Å². The maximum Gasteiger partial charge on any atom is 0.305 e. The van der Waals surface area contributed by atoms with Crippen molar-refractivity contribution >= 4 is 60.5 Å². The normalized spacial score (nSPS) is 18.7. The fourth-order valence-electron chi connectivity index (χ4n) is 5.06. The van der Waals surface area contributed by atoms with Crippen LogP contribution >= 0.6 is 22.7 Å². The van der Waals surface area contributed by atoms with E-state index in [0.29, 0.717) is 13.1 Å². The number of aromatic amines is 1. The number of carbonyl (C=O) groups is 1. The molecule has 2 aliphatic rings. The van der Waals surface area contributed by atoms with Gasteiger partial charge in [0.15, 0.2) is 0 Å². The smallest absolute Gasteiger partial charge is 0.305 e. The quantitative estimate of drug-likeness (QED) is 0.445. The van der Waals surface area contributed by atoms with Gasteiger partial charge in [-0.2, -0.15) is 5.26 Å². The van der Waals surface area contributed by atoms with Crippen molar-refractivity contribution in [2.24, 2.45) is 11.8 Å². The van der Waals surface area contributed by atoms with Crippen LogP contribution in [0.15, 0.2) is 29.3 Å². The van der Waals surface area contributed by atoms with Crippen LogP contribution in [-0.2, 0) is 17.6 Å². The van der Waals surface area contributed by atoms with E-state index in [1.54, 1.807) is 17.7 Å². The molecule has 10 heteroatoms. The number of thiazole rings is 1. The second-order valence-corrected chi connectivity index (χ2v) is 11.0. The first kappa shape index (κ1) is 21.3. The second kappa shape index (κ2) is 8.49. The molecule has 1 fully saturated rings. The van der Waals surface area contributed by atoms with Gasteiger partial charge in [-0.15, -0.1) is 11.3 Å². The highest BCUT2D eigenvalue weighted by Crippen LogP contribution is 2.41. The number of anilines is 2. The van der Waals surface area contributed by atoms with E-state index >= 15 is 0 Å². The summed E-state index contributed by atoms with van der Waals surface area (Å²) in [5.41, 5.74) is 2.93. The van der Waals surface area contributed by atoms with Crippen LogP contribution in [0.25, 0.3) is 20.4 Å². The van der Waals surface area contributed by atoms with E-state index in [2.05, 4.69) is 26.3 Å². The molecule has 0 unspecified atom stereocenters. The molecule has 1 aliphatic heterocycles. The molecule has 34 heavy (non-hydrogen) atoms. The van der Waals surface area contributed by atoms with Gasteiger partial charge >= 0.3 is 4.87 Å². The van der Waals surface area contributed by atoms with Gasteiger partial charge in [0.2, 0.25) is 5.91 Å². The number of piperidine rings is 1. The maximum atomic E-state index is 13.2. The van der Waals surface area contributed by atoms with Gasteiger partial charge in [0, 0.05) is 35.5 Å². The first-order chi connectivity index (χ1) is 16.6. The van der Waals surface area contributed by atoms with Crippen molar-refractivity contribution in [1.29, 1.82) is 5.26 Å². The molecule has 0 bridgehead atoms. The zero-order valence-corrected chi connectivity index (χ0v) is 20.0. The van der Waals surface area contributed by atoms with Crippen molar-refractivity contribution in [1.82, 2.24) is 19.9 Å². The number of thiophene rings is 1. The van der Waals surface area contributed by atoms with Crippen LogP contribution in [-0.4, -0.2) is 38.8 Å². The van der Waals surface area contributed by atoms with Crippen molar-refractivity contribution in [2.45, 2.75) is 32.1 Å². The summed E-state index contributed by atoms with van der Waals surface area (Å²) < 4.78 is 0.896. The van der Waals surface area contributed by atoms with Crippen LogP contribution < -0.4 is 10.2 Å². The number of hydrogen-bond acceptors (Lipinski definition) is 8. The van der Waals surface area contributed by atoms with Crippen LogP contribution in [0.4, 0.5) is 11.5 Å². The average molecular weight is 491 g/mol. The van der Waals surface area contributed by atoms with E-state index in [1.807, 2.05) is 23.1 Å². The number of likely N-dealkylation sites (tertiary alicyclic amines) is 1. The number of fused-ring (bicyclic) bond motifs is 4. The predicted molar refractivity (Wildman–Crippen MR) is 134 cm³/mol. The molecule has 6 rings (SSSR count). The van der Waals surface area contributed by atoms with E-state index in [-0.39, 0.29) is 22.6 Å². The Kier molecular flexibility index (Phi) is 5.31. The summed E-state index contributed by atoms with van der Waals surface area (Å²) in [4.78, 5) is 40.7. The minimum absolute atomic E-state index is 0.0117. The first-order valence-electron chi connectivity index (χ1n) is 11.4. The number of hydrogen-bond donors (Lipinski definition) is 2. The Morgan fingerprint density at radius 3 is 2.88 bits per heavy atom. The Bertz CT molecular complexity index is 1510. The number of aromatic nitrogens is 3. The highest BCUT2D eigenvalue weighted by molar-refractivity contribution is 7.19. The molecule has 172 valence electrons. The average Bonchev–Trinajstić information content (AvgIpc) is 3.42. The van der Waals surface area contributed by atoms with Gasteiger partial charge in [-0.25, -0.2) is 9.97 Å². The number of rotatable bonds is 3. The van der Waals surface area contributed by atoms with Crippen molar-refractivity contribution in [2.75, 3.05) is 18.4 Å². The van der Waals surface area contributed by atoms with Crippen LogP contribution in [0.2, 0.25) is 0 Å². The fraction of sp³-hybridized carbons (Fsp3) is 0.375. The topological polar surface area (TPSA) is 115 Å². The highest BCUT2D eigenvalue weighted by Gasteiger charge is 2.33. The molecule has 0 radical (unpaired) electrons. The highest BCUT2D eigenvalue weighted by atomic mass is 32.1. The molecule has 3 aromatic heterocycles. The predicted octanol–water partition coefficient (Wildman–Crippen LogP) is 4.20. The monoisotopic (exact) mass is 490 g/mol. The third-order valence-corrected chi connectivity index (χ3v) is 8.87. The largest absolute Gasteiger partial charge is 0.342 e. The lowest BCUT2D eigenvalue weighted by Crippen LogP contribution is -2.42. The molecule has 1 amide bonds. The summed E-state index contributed by atoms with van der Waals surface area (Å²) in [6.07, 6.45) is 5.49. The standard InChI is InChI=1S/C24H22N6O2S2/c25-11-13-5-7-30(8-6-13)23(31)14-1-3-16-18(9-14)33-22-20(16)21(26-12-27-22)28-15-2-4-17-19(10-15)34-24(32)29-17/h2,4,10,12-14H,1,3,5-9H2,(H,29,32)(H,26,27,28)/t14-/m1/s1. The third kappa shape index (κ3) is 3.75.